The van der Waals surface area contributed by atoms with Crippen LogP contribution >= 0.6 is 0 Å². The summed E-state index contributed by atoms with van der Waals surface area (Å²) in [6.07, 6.45) is 0. The number of rotatable bonds is 3. The Kier molecular flexibility index (Phi) is 4.92. The van der Waals surface area contributed by atoms with Crippen molar-refractivity contribution in [2.24, 2.45) is 0 Å². The van der Waals surface area contributed by atoms with Crippen molar-refractivity contribution in [1.82, 2.24) is 9.80 Å². The minimum absolute atomic E-state index is 0.0769. The zero-order valence-corrected chi connectivity index (χ0v) is 15.7. The molecule has 0 spiro atoms. The van der Waals surface area contributed by atoms with Crippen molar-refractivity contribution in [2.45, 2.75) is 0 Å². The Morgan fingerprint density at radius 1 is 0.931 bits per heavy atom. The molecule has 0 aliphatic carbocycles. The van der Waals surface area contributed by atoms with Gasteiger partial charge in [0, 0.05) is 37.1 Å². The zero-order valence-electron chi connectivity index (χ0n) is 15.7. The highest BCUT2D eigenvalue weighted by atomic mass is 19.2. The van der Waals surface area contributed by atoms with Crippen LogP contribution < -0.4 is 4.74 Å². The molecule has 0 unspecified atom stereocenters. The van der Waals surface area contributed by atoms with E-state index in [4.69, 9.17) is 9.15 Å². The number of nitrogens with zero attached hydrogens (tertiary/aromatic N) is 2. The van der Waals surface area contributed by atoms with E-state index in [0.29, 0.717) is 24.4 Å². The molecule has 150 valence electrons. The summed E-state index contributed by atoms with van der Waals surface area (Å²) in [6.45, 7) is 1.19. The van der Waals surface area contributed by atoms with Crippen LogP contribution in [0.3, 0.4) is 0 Å². The lowest BCUT2D eigenvalue weighted by Gasteiger charge is -2.34. The van der Waals surface area contributed by atoms with E-state index in [2.05, 4.69) is 0 Å². The molecule has 1 fully saturated rings. The molecule has 0 N–H and O–H groups in total. The summed E-state index contributed by atoms with van der Waals surface area (Å²) in [6, 6.07) is 10.1. The molecule has 2 heterocycles. The van der Waals surface area contributed by atoms with E-state index in [9.17, 15) is 18.4 Å². The van der Waals surface area contributed by atoms with Gasteiger partial charge in [0.25, 0.3) is 11.8 Å². The Bertz CT molecular complexity index is 1090. The first kappa shape index (κ1) is 18.9. The molecule has 3 aromatic rings. The van der Waals surface area contributed by atoms with Crippen molar-refractivity contribution in [3.05, 3.63) is 65.4 Å². The van der Waals surface area contributed by atoms with Crippen molar-refractivity contribution in [3.8, 4) is 5.75 Å². The summed E-state index contributed by atoms with van der Waals surface area (Å²) < 4.78 is 37.4. The number of fused-ring (bicyclic) bond motifs is 1. The Hall–Kier alpha value is -3.42. The van der Waals surface area contributed by atoms with Crippen molar-refractivity contribution >= 4 is 22.8 Å². The number of ether oxygens (including phenoxy) is 1. The number of benzene rings is 2. The number of carbonyl (C=O) groups is 2. The second-order valence-corrected chi connectivity index (χ2v) is 6.70. The molecule has 4 rings (SSSR count). The third-order valence-corrected chi connectivity index (χ3v) is 4.96. The second kappa shape index (κ2) is 7.54. The third-order valence-electron chi connectivity index (χ3n) is 4.96. The van der Waals surface area contributed by atoms with Crippen LogP contribution in [0.4, 0.5) is 8.78 Å². The standard InChI is InChI=1S/C21H18F2N2O4/c1-28-17-4-2-3-13-12-18(29-19(13)17)21(27)25-9-7-24(8-10-25)20(26)14-5-6-15(22)16(23)11-14/h2-6,11-12H,7-10H2,1H3. The molecule has 0 bridgehead atoms. The molecule has 1 aliphatic heterocycles. The number of hydrogen-bond acceptors (Lipinski definition) is 4. The van der Waals surface area contributed by atoms with Gasteiger partial charge < -0.3 is 19.0 Å². The van der Waals surface area contributed by atoms with E-state index in [-0.39, 0.29) is 30.3 Å². The summed E-state index contributed by atoms with van der Waals surface area (Å²) >= 11 is 0. The van der Waals surface area contributed by atoms with Gasteiger partial charge in [0.2, 0.25) is 0 Å². The van der Waals surface area contributed by atoms with Crippen LogP contribution in [0, 0.1) is 11.6 Å². The zero-order chi connectivity index (χ0) is 20.5. The van der Waals surface area contributed by atoms with Crippen LogP contribution in [0.15, 0.2) is 46.9 Å². The molecule has 1 aromatic heterocycles. The molecule has 2 amide bonds. The topological polar surface area (TPSA) is 63.0 Å². The lowest BCUT2D eigenvalue weighted by Crippen LogP contribution is -2.50. The van der Waals surface area contributed by atoms with E-state index in [0.717, 1.165) is 17.5 Å². The fourth-order valence-electron chi connectivity index (χ4n) is 3.38. The van der Waals surface area contributed by atoms with Gasteiger partial charge in [-0.05, 0) is 30.3 Å². The maximum Gasteiger partial charge on any atom is 0.289 e. The van der Waals surface area contributed by atoms with Crippen molar-refractivity contribution < 1.29 is 27.5 Å². The van der Waals surface area contributed by atoms with E-state index >= 15 is 0 Å². The Labute approximate surface area is 165 Å². The second-order valence-electron chi connectivity index (χ2n) is 6.70. The van der Waals surface area contributed by atoms with Crippen LogP contribution in [0.25, 0.3) is 11.0 Å². The van der Waals surface area contributed by atoms with Gasteiger partial charge in [0.05, 0.1) is 7.11 Å². The summed E-state index contributed by atoms with van der Waals surface area (Å²) in [5.74, 6) is -1.99. The van der Waals surface area contributed by atoms with Gasteiger partial charge in [0.1, 0.15) is 0 Å². The summed E-state index contributed by atoms with van der Waals surface area (Å²) in [5, 5.41) is 0.764. The fourth-order valence-corrected chi connectivity index (χ4v) is 3.38. The Morgan fingerprint density at radius 2 is 1.62 bits per heavy atom. The lowest BCUT2D eigenvalue weighted by molar-refractivity contribution is 0.0519. The van der Waals surface area contributed by atoms with Gasteiger partial charge in [0.15, 0.2) is 28.7 Å². The monoisotopic (exact) mass is 400 g/mol. The van der Waals surface area contributed by atoms with Crippen LogP contribution in [-0.2, 0) is 0 Å². The first-order valence-electron chi connectivity index (χ1n) is 9.08. The maximum atomic E-state index is 13.4. The molecule has 2 aromatic carbocycles. The van der Waals surface area contributed by atoms with Gasteiger partial charge in [-0.1, -0.05) is 12.1 Å². The minimum atomic E-state index is -1.06. The number of para-hydroxylation sites is 1. The lowest BCUT2D eigenvalue weighted by atomic mass is 10.1. The average molecular weight is 400 g/mol. The number of carbonyl (C=O) groups excluding carboxylic acids is 2. The SMILES string of the molecule is COc1cccc2cc(C(=O)N3CCN(C(=O)c4ccc(F)c(F)c4)CC3)oc12. The van der Waals surface area contributed by atoms with Crippen LogP contribution in [-0.4, -0.2) is 54.9 Å². The van der Waals surface area contributed by atoms with E-state index in [1.54, 1.807) is 17.0 Å². The van der Waals surface area contributed by atoms with E-state index in [1.165, 1.54) is 18.1 Å². The number of amides is 2. The summed E-state index contributed by atoms with van der Waals surface area (Å²) in [5.41, 5.74) is 0.582. The predicted octanol–water partition coefficient (Wildman–Crippen LogP) is 3.32. The summed E-state index contributed by atoms with van der Waals surface area (Å²) in [4.78, 5) is 28.4. The molecular weight excluding hydrogens is 382 g/mol. The van der Waals surface area contributed by atoms with Crippen LogP contribution in [0.1, 0.15) is 20.9 Å². The molecular formula is C21H18F2N2O4. The Balaban J connectivity index is 1.44. The first-order valence-corrected chi connectivity index (χ1v) is 9.08. The number of halogens is 2. The van der Waals surface area contributed by atoms with E-state index < -0.39 is 17.5 Å². The molecule has 1 aliphatic rings. The number of piperazine rings is 1. The molecule has 1 saturated heterocycles. The normalized spacial score (nSPS) is 14.3. The first-order chi connectivity index (χ1) is 14.0. The minimum Gasteiger partial charge on any atom is -0.493 e. The van der Waals surface area contributed by atoms with Gasteiger partial charge in [-0.15, -0.1) is 0 Å². The highest BCUT2D eigenvalue weighted by Crippen LogP contribution is 2.29. The number of hydrogen-bond donors (Lipinski definition) is 0. The molecule has 0 radical (unpaired) electrons. The Morgan fingerprint density at radius 3 is 2.28 bits per heavy atom. The van der Waals surface area contributed by atoms with Crippen LogP contribution in [0.5, 0.6) is 5.75 Å². The molecule has 6 nitrogen and oxygen atoms in total. The van der Waals surface area contributed by atoms with Crippen molar-refractivity contribution in [3.63, 3.8) is 0 Å². The highest BCUT2D eigenvalue weighted by Gasteiger charge is 2.28. The van der Waals surface area contributed by atoms with E-state index in [1.807, 2.05) is 12.1 Å². The van der Waals surface area contributed by atoms with Crippen LogP contribution in [0.2, 0.25) is 0 Å². The molecule has 8 heteroatoms. The van der Waals surface area contributed by atoms with Gasteiger partial charge in [-0.25, -0.2) is 8.78 Å². The van der Waals surface area contributed by atoms with Gasteiger partial charge in [-0.2, -0.15) is 0 Å². The quantitative estimate of drug-likeness (QED) is 0.677. The van der Waals surface area contributed by atoms with Crippen molar-refractivity contribution in [1.29, 1.82) is 0 Å². The maximum absolute atomic E-state index is 13.4. The van der Waals surface area contributed by atoms with Crippen molar-refractivity contribution in [2.75, 3.05) is 33.3 Å². The third kappa shape index (κ3) is 3.53. The summed E-state index contributed by atoms with van der Waals surface area (Å²) in [7, 11) is 1.53. The van der Waals surface area contributed by atoms with Gasteiger partial charge in [-0.3, -0.25) is 9.59 Å². The average Bonchev–Trinajstić information content (AvgIpc) is 3.19. The number of furan rings is 1. The largest absolute Gasteiger partial charge is 0.493 e. The van der Waals surface area contributed by atoms with Gasteiger partial charge >= 0.3 is 0 Å². The number of methoxy groups -OCH3 is 1. The molecule has 0 saturated carbocycles. The predicted molar refractivity (Wildman–Crippen MR) is 101 cm³/mol. The fraction of sp³-hybridized carbons (Fsp3) is 0.238. The molecule has 0 atom stereocenters. The molecule has 29 heavy (non-hydrogen) atoms. The smallest absolute Gasteiger partial charge is 0.289 e. The highest BCUT2D eigenvalue weighted by molar-refractivity contribution is 5.98.